The lowest BCUT2D eigenvalue weighted by atomic mass is 10.2. The van der Waals surface area contributed by atoms with Gasteiger partial charge in [-0.15, -0.1) is 0 Å². The lowest BCUT2D eigenvalue weighted by Gasteiger charge is -2.16. The summed E-state index contributed by atoms with van der Waals surface area (Å²) >= 11 is 1.42. The van der Waals surface area contributed by atoms with Gasteiger partial charge in [0, 0.05) is 0 Å². The van der Waals surface area contributed by atoms with Gasteiger partial charge >= 0.3 is 5.97 Å². The van der Waals surface area contributed by atoms with Crippen molar-refractivity contribution >= 4 is 17.7 Å². The fourth-order valence-electron chi connectivity index (χ4n) is 2.04. The molecular formula is C14H18O5S. The van der Waals surface area contributed by atoms with Gasteiger partial charge in [-0.05, 0) is 17.9 Å². The smallest absolute Gasteiger partial charge is 0.338 e. The van der Waals surface area contributed by atoms with Crippen molar-refractivity contribution in [3.05, 3.63) is 35.9 Å². The Balaban J connectivity index is 1.87. The summed E-state index contributed by atoms with van der Waals surface area (Å²) < 4.78 is 10.3. The van der Waals surface area contributed by atoms with Crippen LogP contribution in [0.4, 0.5) is 0 Å². The third-order valence-electron chi connectivity index (χ3n) is 3.06. The number of thioether (sulfide) groups is 1. The van der Waals surface area contributed by atoms with E-state index in [9.17, 15) is 15.0 Å². The number of aliphatic hydroxyl groups is 2. The number of ether oxygens (including phenoxy) is 2. The van der Waals surface area contributed by atoms with Gasteiger partial charge in [0.2, 0.25) is 0 Å². The Morgan fingerprint density at radius 1 is 1.35 bits per heavy atom. The second kappa shape index (κ2) is 7.08. The standard InChI is InChI=1S/C14H18O5S/c1-2-20-12-11(15)10(19-14(12)17)8-18-13(16)9-6-4-3-5-7-9/h3-7,10-12,14-15,17H,2,8H2,1H3/t10-,11+,12-,14-/m1/s1. The summed E-state index contributed by atoms with van der Waals surface area (Å²) in [5.41, 5.74) is 0.444. The summed E-state index contributed by atoms with van der Waals surface area (Å²) in [6, 6.07) is 8.60. The van der Waals surface area contributed by atoms with Gasteiger partial charge in [0.15, 0.2) is 6.29 Å². The quantitative estimate of drug-likeness (QED) is 0.791. The summed E-state index contributed by atoms with van der Waals surface area (Å²) in [7, 11) is 0. The van der Waals surface area contributed by atoms with Crippen LogP contribution in [0.25, 0.3) is 0 Å². The number of carbonyl (C=O) groups is 1. The van der Waals surface area contributed by atoms with Gasteiger partial charge in [-0.25, -0.2) is 4.79 Å². The number of aliphatic hydroxyl groups excluding tert-OH is 2. The van der Waals surface area contributed by atoms with Crippen molar-refractivity contribution in [3.63, 3.8) is 0 Å². The normalized spacial score (nSPS) is 29.4. The largest absolute Gasteiger partial charge is 0.459 e. The monoisotopic (exact) mass is 298 g/mol. The van der Waals surface area contributed by atoms with Crippen LogP contribution in [0.5, 0.6) is 0 Å². The Labute approximate surface area is 121 Å². The molecule has 1 heterocycles. The molecule has 2 rings (SSSR count). The van der Waals surface area contributed by atoms with E-state index in [4.69, 9.17) is 9.47 Å². The Bertz CT molecular complexity index is 438. The zero-order valence-corrected chi connectivity index (χ0v) is 12.0. The Morgan fingerprint density at radius 3 is 2.70 bits per heavy atom. The van der Waals surface area contributed by atoms with Crippen LogP contribution in [0.2, 0.25) is 0 Å². The van der Waals surface area contributed by atoms with Crippen LogP contribution in [-0.4, -0.2) is 52.3 Å². The van der Waals surface area contributed by atoms with Crippen LogP contribution in [0, 0.1) is 0 Å². The maximum absolute atomic E-state index is 11.8. The van der Waals surface area contributed by atoms with E-state index in [1.165, 1.54) is 11.8 Å². The molecule has 1 aliphatic heterocycles. The highest BCUT2D eigenvalue weighted by Gasteiger charge is 2.43. The van der Waals surface area contributed by atoms with Crippen molar-refractivity contribution in [1.29, 1.82) is 0 Å². The summed E-state index contributed by atoms with van der Waals surface area (Å²) in [4.78, 5) is 11.8. The van der Waals surface area contributed by atoms with Crippen LogP contribution >= 0.6 is 11.8 Å². The molecular weight excluding hydrogens is 280 g/mol. The first-order chi connectivity index (χ1) is 9.63. The fourth-order valence-corrected chi connectivity index (χ4v) is 3.03. The molecule has 110 valence electrons. The highest BCUT2D eigenvalue weighted by molar-refractivity contribution is 7.99. The Morgan fingerprint density at radius 2 is 2.05 bits per heavy atom. The molecule has 4 atom stereocenters. The van der Waals surface area contributed by atoms with Crippen LogP contribution < -0.4 is 0 Å². The molecule has 1 aromatic carbocycles. The van der Waals surface area contributed by atoms with Crippen LogP contribution in [0.1, 0.15) is 17.3 Å². The molecule has 0 radical (unpaired) electrons. The molecule has 0 unspecified atom stereocenters. The predicted molar refractivity (Wildman–Crippen MR) is 75.5 cm³/mol. The number of rotatable bonds is 5. The maximum atomic E-state index is 11.8. The lowest BCUT2D eigenvalue weighted by Crippen LogP contribution is -2.33. The van der Waals surface area contributed by atoms with Crippen LogP contribution in [-0.2, 0) is 9.47 Å². The van der Waals surface area contributed by atoms with Crippen molar-refractivity contribution in [2.24, 2.45) is 0 Å². The molecule has 1 aliphatic rings. The van der Waals surface area contributed by atoms with E-state index in [0.717, 1.165) is 5.75 Å². The minimum Gasteiger partial charge on any atom is -0.459 e. The number of hydrogen-bond donors (Lipinski definition) is 2. The third kappa shape index (κ3) is 3.52. The van der Waals surface area contributed by atoms with Crippen molar-refractivity contribution in [2.45, 2.75) is 30.7 Å². The zero-order valence-electron chi connectivity index (χ0n) is 11.1. The van der Waals surface area contributed by atoms with E-state index < -0.39 is 29.7 Å². The fraction of sp³-hybridized carbons (Fsp3) is 0.500. The van der Waals surface area contributed by atoms with E-state index in [2.05, 4.69) is 0 Å². The van der Waals surface area contributed by atoms with Crippen molar-refractivity contribution in [3.8, 4) is 0 Å². The molecule has 0 spiro atoms. The van der Waals surface area contributed by atoms with Crippen molar-refractivity contribution in [2.75, 3.05) is 12.4 Å². The molecule has 1 aromatic rings. The minimum atomic E-state index is -1.03. The highest BCUT2D eigenvalue weighted by atomic mass is 32.2. The molecule has 0 aromatic heterocycles. The average molecular weight is 298 g/mol. The second-order valence-electron chi connectivity index (χ2n) is 4.44. The Hall–Kier alpha value is -1.08. The topological polar surface area (TPSA) is 76.0 Å². The van der Waals surface area contributed by atoms with E-state index in [0.29, 0.717) is 5.56 Å². The van der Waals surface area contributed by atoms with E-state index in [1.807, 2.05) is 13.0 Å². The molecule has 6 heteroatoms. The maximum Gasteiger partial charge on any atom is 0.338 e. The summed E-state index contributed by atoms with van der Waals surface area (Å²) in [5.74, 6) is 0.293. The van der Waals surface area contributed by atoms with Crippen LogP contribution in [0.15, 0.2) is 30.3 Å². The van der Waals surface area contributed by atoms with Crippen molar-refractivity contribution in [1.82, 2.24) is 0 Å². The van der Waals surface area contributed by atoms with Gasteiger partial charge in [-0.3, -0.25) is 0 Å². The number of hydrogen-bond acceptors (Lipinski definition) is 6. The molecule has 0 bridgehead atoms. The Kier molecular flexibility index (Phi) is 5.42. The number of esters is 1. The molecule has 20 heavy (non-hydrogen) atoms. The second-order valence-corrected chi connectivity index (χ2v) is 5.90. The molecule has 1 saturated heterocycles. The number of benzene rings is 1. The minimum absolute atomic E-state index is 0.0767. The number of carbonyl (C=O) groups excluding carboxylic acids is 1. The average Bonchev–Trinajstić information content (AvgIpc) is 2.73. The molecule has 0 amide bonds. The van der Waals surface area contributed by atoms with Gasteiger partial charge in [-0.1, -0.05) is 25.1 Å². The molecule has 0 saturated carbocycles. The lowest BCUT2D eigenvalue weighted by molar-refractivity contribution is -0.108. The van der Waals surface area contributed by atoms with Gasteiger partial charge in [0.05, 0.1) is 10.8 Å². The summed E-state index contributed by atoms with van der Waals surface area (Å²) in [5, 5.41) is 19.3. The SMILES string of the molecule is CCS[C@@H]1[C@@H](O)[C@@H](COC(=O)c2ccccc2)O[C@H]1O. The van der Waals surface area contributed by atoms with Gasteiger partial charge < -0.3 is 19.7 Å². The molecule has 0 aliphatic carbocycles. The third-order valence-corrected chi connectivity index (χ3v) is 4.29. The van der Waals surface area contributed by atoms with E-state index >= 15 is 0 Å². The molecule has 5 nitrogen and oxygen atoms in total. The summed E-state index contributed by atoms with van der Waals surface area (Å²) in [6.45, 7) is 1.86. The van der Waals surface area contributed by atoms with Crippen LogP contribution in [0.3, 0.4) is 0 Å². The molecule has 1 fully saturated rings. The predicted octanol–water partition coefficient (Wildman–Crippen LogP) is 1.04. The zero-order chi connectivity index (χ0) is 14.5. The molecule has 2 N–H and O–H groups in total. The van der Waals surface area contributed by atoms with Gasteiger partial charge in [0.25, 0.3) is 0 Å². The first-order valence-corrected chi connectivity index (χ1v) is 7.53. The first-order valence-electron chi connectivity index (χ1n) is 6.49. The summed E-state index contributed by atoms with van der Waals surface area (Å²) in [6.07, 6.45) is -2.57. The van der Waals surface area contributed by atoms with Crippen molar-refractivity contribution < 1.29 is 24.5 Å². The first kappa shape index (κ1) is 15.3. The van der Waals surface area contributed by atoms with E-state index in [1.54, 1.807) is 24.3 Å². The van der Waals surface area contributed by atoms with E-state index in [-0.39, 0.29) is 6.61 Å². The van der Waals surface area contributed by atoms with Gasteiger partial charge in [-0.2, -0.15) is 11.8 Å². The van der Waals surface area contributed by atoms with Gasteiger partial charge in [0.1, 0.15) is 18.8 Å². The highest BCUT2D eigenvalue weighted by Crippen LogP contribution is 2.30.